The van der Waals surface area contributed by atoms with E-state index in [2.05, 4.69) is 36.4 Å². The number of rotatable bonds is 9. The number of hydrogen-bond acceptors (Lipinski definition) is 4. The number of nitrogens with one attached hydrogen (secondary N) is 2. The Labute approximate surface area is 127 Å². The molecule has 0 saturated carbocycles. The summed E-state index contributed by atoms with van der Waals surface area (Å²) in [6.45, 7) is 8.07. The number of pyridine rings is 1. The van der Waals surface area contributed by atoms with Crippen LogP contribution in [0.1, 0.15) is 55.6 Å². The lowest BCUT2D eigenvalue weighted by Crippen LogP contribution is -2.27. The van der Waals surface area contributed by atoms with Gasteiger partial charge in [-0.2, -0.15) is 0 Å². The number of aromatic nitrogens is 1. The number of carbonyl (C=O) groups excluding carboxylic acids is 1. The Morgan fingerprint density at radius 3 is 2.71 bits per heavy atom. The van der Waals surface area contributed by atoms with E-state index in [1.165, 1.54) is 0 Å². The third-order valence-corrected chi connectivity index (χ3v) is 3.13. The Morgan fingerprint density at radius 2 is 2.10 bits per heavy atom. The second-order valence-electron chi connectivity index (χ2n) is 5.29. The van der Waals surface area contributed by atoms with E-state index in [0.29, 0.717) is 24.5 Å². The van der Waals surface area contributed by atoms with Gasteiger partial charge in [0.15, 0.2) is 0 Å². The topological polar surface area (TPSA) is 63.2 Å². The minimum atomic E-state index is -0.0881. The van der Waals surface area contributed by atoms with Crippen LogP contribution in [-0.2, 0) is 4.74 Å². The number of ether oxygens (including phenoxy) is 1. The van der Waals surface area contributed by atoms with Gasteiger partial charge < -0.3 is 15.4 Å². The highest BCUT2D eigenvalue weighted by Gasteiger charge is 2.11. The maximum absolute atomic E-state index is 12.2. The van der Waals surface area contributed by atoms with Gasteiger partial charge in [-0.05, 0) is 24.5 Å². The third kappa shape index (κ3) is 6.12. The fourth-order valence-corrected chi connectivity index (χ4v) is 1.79. The van der Waals surface area contributed by atoms with Crippen molar-refractivity contribution in [2.45, 2.75) is 39.5 Å². The molecule has 0 aliphatic rings. The standard InChI is InChI=1S/C16H27N3O2/c1-5-6-8-21-9-7-18-16(20)13-10-14(12(2)3)19-15(11-13)17-4/h10-12H,5-9H2,1-4H3,(H,17,19)(H,18,20). The number of amides is 1. The Hall–Kier alpha value is -1.62. The minimum absolute atomic E-state index is 0.0881. The van der Waals surface area contributed by atoms with E-state index in [1.54, 1.807) is 13.1 Å². The molecule has 0 fully saturated rings. The highest BCUT2D eigenvalue weighted by Crippen LogP contribution is 2.17. The van der Waals surface area contributed by atoms with Crippen LogP contribution in [-0.4, -0.2) is 37.7 Å². The van der Waals surface area contributed by atoms with Crippen molar-refractivity contribution in [2.24, 2.45) is 0 Å². The van der Waals surface area contributed by atoms with E-state index in [-0.39, 0.29) is 11.8 Å². The number of hydrogen-bond donors (Lipinski definition) is 2. The quantitative estimate of drug-likeness (QED) is 0.687. The molecule has 0 aliphatic heterocycles. The Bertz CT molecular complexity index is 447. The SMILES string of the molecule is CCCCOCCNC(=O)c1cc(NC)nc(C(C)C)c1. The Balaban J connectivity index is 2.55. The Morgan fingerprint density at radius 1 is 1.33 bits per heavy atom. The molecule has 1 aromatic heterocycles. The smallest absolute Gasteiger partial charge is 0.251 e. The van der Waals surface area contributed by atoms with Gasteiger partial charge in [-0.25, -0.2) is 4.98 Å². The average molecular weight is 293 g/mol. The maximum Gasteiger partial charge on any atom is 0.251 e. The predicted molar refractivity (Wildman–Crippen MR) is 85.9 cm³/mol. The van der Waals surface area contributed by atoms with Crippen molar-refractivity contribution in [3.63, 3.8) is 0 Å². The fraction of sp³-hybridized carbons (Fsp3) is 0.625. The minimum Gasteiger partial charge on any atom is -0.380 e. The van der Waals surface area contributed by atoms with Gasteiger partial charge in [0.05, 0.1) is 6.61 Å². The van der Waals surface area contributed by atoms with Crippen LogP contribution in [0.2, 0.25) is 0 Å². The molecule has 1 heterocycles. The van der Waals surface area contributed by atoms with E-state index in [1.807, 2.05) is 6.07 Å². The van der Waals surface area contributed by atoms with Crippen LogP contribution in [0.15, 0.2) is 12.1 Å². The van der Waals surface area contributed by atoms with Crippen molar-refractivity contribution in [3.05, 3.63) is 23.4 Å². The summed E-state index contributed by atoms with van der Waals surface area (Å²) < 4.78 is 5.43. The van der Waals surface area contributed by atoms with E-state index < -0.39 is 0 Å². The van der Waals surface area contributed by atoms with Gasteiger partial charge in [-0.1, -0.05) is 27.2 Å². The molecule has 0 radical (unpaired) electrons. The zero-order valence-corrected chi connectivity index (χ0v) is 13.5. The molecule has 2 N–H and O–H groups in total. The molecule has 0 aliphatic carbocycles. The molecule has 0 unspecified atom stereocenters. The second kappa shape index (κ2) is 9.34. The van der Waals surface area contributed by atoms with Crippen molar-refractivity contribution in [3.8, 4) is 0 Å². The van der Waals surface area contributed by atoms with E-state index in [9.17, 15) is 4.79 Å². The number of nitrogens with zero attached hydrogens (tertiary/aromatic N) is 1. The molecular weight excluding hydrogens is 266 g/mol. The normalized spacial score (nSPS) is 10.7. The highest BCUT2D eigenvalue weighted by atomic mass is 16.5. The van der Waals surface area contributed by atoms with Crippen LogP contribution in [0.3, 0.4) is 0 Å². The summed E-state index contributed by atoms with van der Waals surface area (Å²) >= 11 is 0. The van der Waals surface area contributed by atoms with Crippen LogP contribution in [0.25, 0.3) is 0 Å². The van der Waals surface area contributed by atoms with E-state index >= 15 is 0 Å². The molecule has 118 valence electrons. The predicted octanol–water partition coefficient (Wildman–Crippen LogP) is 2.79. The van der Waals surface area contributed by atoms with Gasteiger partial charge in [-0.3, -0.25) is 4.79 Å². The van der Waals surface area contributed by atoms with Crippen molar-refractivity contribution in [1.82, 2.24) is 10.3 Å². The summed E-state index contributed by atoms with van der Waals surface area (Å²) in [5.41, 5.74) is 1.54. The van der Waals surface area contributed by atoms with Crippen LogP contribution >= 0.6 is 0 Å². The fourth-order valence-electron chi connectivity index (χ4n) is 1.79. The summed E-state index contributed by atoms with van der Waals surface area (Å²) in [6.07, 6.45) is 2.18. The molecule has 21 heavy (non-hydrogen) atoms. The number of carbonyl (C=O) groups is 1. The van der Waals surface area contributed by atoms with Gasteiger partial charge in [0.25, 0.3) is 5.91 Å². The first kappa shape index (κ1) is 17.4. The molecular formula is C16H27N3O2. The molecule has 0 spiro atoms. The monoisotopic (exact) mass is 293 g/mol. The summed E-state index contributed by atoms with van der Waals surface area (Å²) in [5.74, 6) is 0.905. The molecule has 0 bridgehead atoms. The maximum atomic E-state index is 12.2. The van der Waals surface area contributed by atoms with Gasteiger partial charge in [0.2, 0.25) is 0 Å². The summed E-state index contributed by atoms with van der Waals surface area (Å²) in [7, 11) is 1.80. The molecule has 0 saturated heterocycles. The van der Waals surface area contributed by atoms with Gasteiger partial charge in [0, 0.05) is 31.5 Å². The van der Waals surface area contributed by atoms with Crippen LogP contribution in [0, 0.1) is 0 Å². The first-order valence-electron chi connectivity index (χ1n) is 7.64. The summed E-state index contributed by atoms with van der Waals surface area (Å²) in [5, 5.41) is 5.87. The Kier molecular flexibility index (Phi) is 7.75. The van der Waals surface area contributed by atoms with Crippen molar-refractivity contribution >= 4 is 11.7 Å². The number of anilines is 1. The number of unbranched alkanes of at least 4 members (excludes halogenated alkanes) is 1. The van der Waals surface area contributed by atoms with Crippen LogP contribution < -0.4 is 10.6 Å². The van der Waals surface area contributed by atoms with Crippen LogP contribution in [0.5, 0.6) is 0 Å². The lowest BCUT2D eigenvalue weighted by atomic mass is 10.1. The lowest BCUT2D eigenvalue weighted by molar-refractivity contribution is 0.0912. The summed E-state index contributed by atoms with van der Waals surface area (Å²) in [4.78, 5) is 16.6. The first-order valence-corrected chi connectivity index (χ1v) is 7.64. The lowest BCUT2D eigenvalue weighted by Gasteiger charge is -2.11. The highest BCUT2D eigenvalue weighted by molar-refractivity contribution is 5.95. The van der Waals surface area contributed by atoms with Crippen LogP contribution in [0.4, 0.5) is 5.82 Å². The molecule has 0 atom stereocenters. The second-order valence-corrected chi connectivity index (χ2v) is 5.29. The summed E-state index contributed by atoms with van der Waals surface area (Å²) in [6, 6.07) is 3.61. The molecule has 1 aromatic rings. The zero-order valence-electron chi connectivity index (χ0n) is 13.5. The molecule has 5 heteroatoms. The van der Waals surface area contributed by atoms with Gasteiger partial charge in [0.1, 0.15) is 5.82 Å². The van der Waals surface area contributed by atoms with Crippen molar-refractivity contribution in [2.75, 3.05) is 32.1 Å². The van der Waals surface area contributed by atoms with E-state index in [0.717, 1.165) is 25.1 Å². The first-order chi connectivity index (χ1) is 10.1. The average Bonchev–Trinajstić information content (AvgIpc) is 2.49. The van der Waals surface area contributed by atoms with E-state index in [4.69, 9.17) is 4.74 Å². The third-order valence-electron chi connectivity index (χ3n) is 3.13. The van der Waals surface area contributed by atoms with Crippen molar-refractivity contribution in [1.29, 1.82) is 0 Å². The molecule has 1 rings (SSSR count). The largest absolute Gasteiger partial charge is 0.380 e. The van der Waals surface area contributed by atoms with Crippen molar-refractivity contribution < 1.29 is 9.53 Å². The molecule has 0 aromatic carbocycles. The van der Waals surface area contributed by atoms with Gasteiger partial charge in [-0.15, -0.1) is 0 Å². The van der Waals surface area contributed by atoms with Gasteiger partial charge >= 0.3 is 0 Å². The zero-order chi connectivity index (χ0) is 15.7. The molecule has 1 amide bonds. The molecule has 5 nitrogen and oxygen atoms in total.